The first kappa shape index (κ1) is 29.1. The molecule has 0 radical (unpaired) electrons. The van der Waals surface area contributed by atoms with Gasteiger partial charge < -0.3 is 29.7 Å². The second kappa shape index (κ2) is 12.1. The van der Waals surface area contributed by atoms with Gasteiger partial charge in [0.2, 0.25) is 0 Å². The quantitative estimate of drug-likeness (QED) is 0.246. The zero-order chi connectivity index (χ0) is 28.2. The molecule has 1 aromatic carbocycles. The molecule has 2 amide bonds. The lowest BCUT2D eigenvalue weighted by molar-refractivity contribution is -0.132. The summed E-state index contributed by atoms with van der Waals surface area (Å²) in [4.78, 5) is 30.4. The summed E-state index contributed by atoms with van der Waals surface area (Å²) in [5.74, 6) is -1.28. The van der Waals surface area contributed by atoms with E-state index in [0.717, 1.165) is 18.4 Å². The summed E-state index contributed by atoms with van der Waals surface area (Å²) in [6.45, 7) is 8.01. The van der Waals surface area contributed by atoms with Crippen LogP contribution in [-0.2, 0) is 20.7 Å². The number of alkyl carbamates (subject to hydrolysis) is 1. The Morgan fingerprint density at radius 1 is 1.31 bits per heavy atom. The molecule has 11 heteroatoms. The predicted molar refractivity (Wildman–Crippen MR) is 145 cm³/mol. The number of nitrogens with one attached hydrogen (secondary N) is 1. The zero-order valence-corrected chi connectivity index (χ0v) is 23.0. The molecule has 39 heavy (non-hydrogen) atoms. The number of morpholine rings is 1. The summed E-state index contributed by atoms with van der Waals surface area (Å²) in [6, 6.07) is 11.3. The predicted octanol–water partition coefficient (Wildman–Crippen LogP) is 1.81. The van der Waals surface area contributed by atoms with E-state index < -0.39 is 30.2 Å². The van der Waals surface area contributed by atoms with Gasteiger partial charge >= 0.3 is 13.2 Å². The van der Waals surface area contributed by atoms with Crippen molar-refractivity contribution in [3.05, 3.63) is 47.5 Å². The first-order valence-electron chi connectivity index (χ1n) is 13.7. The molecule has 210 valence electrons. The monoisotopic (exact) mass is 538 g/mol. The maximum Gasteiger partial charge on any atom is 0.475 e. The summed E-state index contributed by atoms with van der Waals surface area (Å²) in [5.41, 5.74) is -0.265. The number of fused-ring (bicyclic) bond motifs is 2. The van der Waals surface area contributed by atoms with Crippen LogP contribution in [0.25, 0.3) is 0 Å². The molecular formula is C28H39BN4O6. The van der Waals surface area contributed by atoms with Crippen molar-refractivity contribution < 1.29 is 29.1 Å². The minimum Gasteiger partial charge on any atom is -0.447 e. The van der Waals surface area contributed by atoms with E-state index >= 15 is 0 Å². The van der Waals surface area contributed by atoms with Crippen LogP contribution in [0, 0.1) is 11.3 Å². The normalized spacial score (nSPS) is 26.2. The highest BCUT2D eigenvalue weighted by Gasteiger charge is 2.55. The lowest BCUT2D eigenvalue weighted by Gasteiger charge is -2.41. The minimum atomic E-state index is -1.77. The highest BCUT2D eigenvalue weighted by Crippen LogP contribution is 2.47. The van der Waals surface area contributed by atoms with E-state index in [2.05, 4.69) is 16.3 Å². The van der Waals surface area contributed by atoms with Gasteiger partial charge in [-0.2, -0.15) is 5.26 Å². The van der Waals surface area contributed by atoms with Crippen molar-refractivity contribution in [3.63, 3.8) is 0 Å². The molecule has 3 aliphatic rings. The van der Waals surface area contributed by atoms with Crippen LogP contribution in [0.4, 0.5) is 4.79 Å². The van der Waals surface area contributed by atoms with Gasteiger partial charge in [-0.3, -0.25) is 9.69 Å². The molecule has 1 aromatic rings. The van der Waals surface area contributed by atoms with Gasteiger partial charge in [-0.15, -0.1) is 0 Å². The molecule has 0 aliphatic carbocycles. The van der Waals surface area contributed by atoms with Crippen molar-refractivity contribution in [1.29, 1.82) is 5.26 Å². The number of benzene rings is 1. The molecule has 3 fully saturated rings. The summed E-state index contributed by atoms with van der Waals surface area (Å²) >= 11 is 0. The van der Waals surface area contributed by atoms with Gasteiger partial charge in [0.25, 0.3) is 5.91 Å². The Balaban J connectivity index is 1.43. The van der Waals surface area contributed by atoms with Crippen LogP contribution in [0.2, 0.25) is 0 Å². The topological polar surface area (TPSA) is 135 Å². The Hall–Kier alpha value is -2.91. The maximum absolute atomic E-state index is 13.8. The first-order chi connectivity index (χ1) is 18.5. The van der Waals surface area contributed by atoms with Gasteiger partial charge in [0, 0.05) is 24.7 Å². The van der Waals surface area contributed by atoms with Gasteiger partial charge in [-0.05, 0) is 64.5 Å². The van der Waals surface area contributed by atoms with Crippen LogP contribution in [0.1, 0.15) is 52.0 Å². The van der Waals surface area contributed by atoms with Crippen LogP contribution in [-0.4, -0.2) is 94.4 Å². The van der Waals surface area contributed by atoms with Crippen molar-refractivity contribution in [1.82, 2.24) is 15.1 Å². The number of nitrogens with zero attached hydrogens (tertiary/aromatic N) is 3. The second-order valence-electron chi connectivity index (χ2n) is 11.5. The zero-order valence-electron chi connectivity index (χ0n) is 23.0. The van der Waals surface area contributed by atoms with E-state index in [1.54, 1.807) is 11.0 Å². The van der Waals surface area contributed by atoms with Crippen LogP contribution in [0.5, 0.6) is 0 Å². The van der Waals surface area contributed by atoms with E-state index in [1.165, 1.54) is 0 Å². The molecule has 3 heterocycles. The van der Waals surface area contributed by atoms with Crippen molar-refractivity contribution in [2.45, 2.75) is 82.0 Å². The van der Waals surface area contributed by atoms with Crippen LogP contribution in [0.3, 0.4) is 0 Å². The fraction of sp³-hybridized carbons (Fsp3) is 0.607. The van der Waals surface area contributed by atoms with Crippen LogP contribution >= 0.6 is 0 Å². The van der Waals surface area contributed by atoms with E-state index in [-0.39, 0.29) is 36.7 Å². The van der Waals surface area contributed by atoms with Gasteiger partial charge in [-0.1, -0.05) is 30.3 Å². The molecule has 10 nitrogen and oxygen atoms in total. The molecular weight excluding hydrogens is 499 g/mol. The molecule has 0 unspecified atom stereocenters. The number of hydrogen-bond donors (Lipinski definition) is 3. The molecule has 0 spiro atoms. The molecule has 3 saturated heterocycles. The highest BCUT2D eigenvalue weighted by molar-refractivity contribution is 6.43. The molecule has 3 N–H and O–H groups in total. The Labute approximate surface area is 230 Å². The van der Waals surface area contributed by atoms with E-state index in [1.807, 2.05) is 51.1 Å². The smallest absolute Gasteiger partial charge is 0.447 e. The number of hydrogen-bond acceptors (Lipinski definition) is 8. The van der Waals surface area contributed by atoms with E-state index in [9.17, 15) is 24.9 Å². The van der Waals surface area contributed by atoms with Crippen LogP contribution < -0.4 is 5.32 Å². The summed E-state index contributed by atoms with van der Waals surface area (Å²) in [5, 5.41) is 32.1. The highest BCUT2D eigenvalue weighted by atomic mass is 16.6. The number of nitriles is 1. The van der Waals surface area contributed by atoms with Gasteiger partial charge in [0.1, 0.15) is 18.2 Å². The lowest BCUT2D eigenvalue weighted by atomic mass is 9.76. The SMILES string of the molecule is C[C@@H]1CN(C(C)(C)C=C(C#N)C(=O)N2C3CCC2(COC(=O)N[C@@H](Cc2ccccc2)B(O)O)CC3)CCO1. The Bertz CT molecular complexity index is 1100. The average molecular weight is 538 g/mol. The Morgan fingerprint density at radius 2 is 2.00 bits per heavy atom. The van der Waals surface area contributed by atoms with E-state index in [0.29, 0.717) is 32.5 Å². The van der Waals surface area contributed by atoms with Crippen molar-refractivity contribution in [3.8, 4) is 6.07 Å². The number of carbonyl (C=O) groups is 2. The fourth-order valence-electron chi connectivity index (χ4n) is 6.17. The Kier molecular flexibility index (Phi) is 9.02. The van der Waals surface area contributed by atoms with E-state index in [4.69, 9.17) is 9.47 Å². The number of rotatable bonds is 9. The third kappa shape index (κ3) is 6.64. The number of carbonyl (C=O) groups excluding carboxylic acids is 2. The third-order valence-electron chi connectivity index (χ3n) is 8.32. The largest absolute Gasteiger partial charge is 0.475 e. The van der Waals surface area contributed by atoms with Gasteiger partial charge in [0.05, 0.1) is 24.2 Å². The summed E-state index contributed by atoms with van der Waals surface area (Å²) in [6.07, 6.45) is 4.19. The molecule has 2 atom stereocenters. The molecule has 4 rings (SSSR count). The van der Waals surface area contributed by atoms with Gasteiger partial charge in [0.15, 0.2) is 0 Å². The maximum atomic E-state index is 13.8. The third-order valence-corrected chi connectivity index (χ3v) is 8.32. The molecule has 3 aliphatic heterocycles. The fourth-order valence-corrected chi connectivity index (χ4v) is 6.17. The standard InChI is InChI=1S/C28H39BN4O6/c1-20-18-32(13-14-38-20)27(2,3)16-22(17-30)25(34)33-23-9-11-28(33,12-10-23)19-39-26(35)31-24(29(36)37)15-21-7-5-4-6-8-21/h4-8,16,20,23-24,36-37H,9-15,18-19H2,1-3H3,(H,31,35)/t20-,23?,24+,28?/m1/s1. The minimum absolute atomic E-state index is 0.00229. The van der Waals surface area contributed by atoms with Gasteiger partial charge in [-0.25, -0.2) is 4.79 Å². The second-order valence-corrected chi connectivity index (χ2v) is 11.5. The number of amides is 2. The number of ether oxygens (including phenoxy) is 2. The van der Waals surface area contributed by atoms with Crippen LogP contribution in [0.15, 0.2) is 42.0 Å². The molecule has 2 bridgehead atoms. The molecule has 0 aromatic heterocycles. The average Bonchev–Trinajstić information content (AvgIpc) is 3.46. The lowest BCUT2D eigenvalue weighted by Crippen LogP contribution is -2.53. The van der Waals surface area contributed by atoms with Crippen molar-refractivity contribution >= 4 is 19.1 Å². The Morgan fingerprint density at radius 3 is 2.62 bits per heavy atom. The summed E-state index contributed by atoms with van der Waals surface area (Å²) in [7, 11) is -1.77. The van der Waals surface area contributed by atoms with Crippen molar-refractivity contribution in [2.24, 2.45) is 0 Å². The first-order valence-corrected chi connectivity index (χ1v) is 13.7. The van der Waals surface area contributed by atoms with Crippen molar-refractivity contribution in [2.75, 3.05) is 26.3 Å². The molecule has 0 saturated carbocycles. The summed E-state index contributed by atoms with van der Waals surface area (Å²) < 4.78 is 11.2.